The molecule has 0 bridgehead atoms. The Morgan fingerprint density at radius 2 is 1.97 bits per heavy atom. The van der Waals surface area contributed by atoms with Crippen LogP contribution in [-0.2, 0) is 9.47 Å². The molecule has 4 aromatic rings. The standard InChI is InChI=1S/C26H30N8O3S/c1-14-11-34(12-15(2)37-14)19-6-5-17-24(32-19)33-25(30-17)20-21(22-16(7-10-38-22)31-26(20)35)29-18(13-36-3)23-27-8-4-9-28-23/h4-10,14-15,18,26,29,31,35H,11-13H2,1-3H3,(H,30,32,33)/t14-,15+,18?,26?. The number of aliphatic hydroxyl groups is 1. The van der Waals surface area contributed by atoms with Gasteiger partial charge in [-0.1, -0.05) is 0 Å². The molecular weight excluding hydrogens is 504 g/mol. The van der Waals surface area contributed by atoms with E-state index in [4.69, 9.17) is 19.4 Å². The van der Waals surface area contributed by atoms with Crippen molar-refractivity contribution in [1.82, 2.24) is 30.2 Å². The predicted octanol–water partition coefficient (Wildman–Crippen LogP) is 3.01. The van der Waals surface area contributed by atoms with Crippen LogP contribution in [0.1, 0.15) is 36.4 Å². The highest BCUT2D eigenvalue weighted by molar-refractivity contribution is 7.11. The van der Waals surface area contributed by atoms with Crippen LogP contribution in [0.15, 0.2) is 42.0 Å². The summed E-state index contributed by atoms with van der Waals surface area (Å²) in [5.74, 6) is 1.98. The maximum absolute atomic E-state index is 11.2. The average Bonchev–Trinajstić information content (AvgIpc) is 3.54. The Hall–Kier alpha value is -3.58. The number of anilines is 2. The SMILES string of the molecule is COCC(NC1=C(c2nc3nc(N4C[C@@H](C)O[C@@H](C)C4)ccc3[nH]2)C(O)Nc2ccsc21)c1ncccn1. The number of pyridine rings is 1. The number of nitrogens with one attached hydrogen (secondary N) is 3. The van der Waals surface area contributed by atoms with Gasteiger partial charge >= 0.3 is 0 Å². The molecule has 4 N–H and O–H groups in total. The minimum Gasteiger partial charge on any atom is -0.382 e. The molecule has 0 aromatic carbocycles. The number of nitrogens with zero attached hydrogens (tertiary/aromatic N) is 5. The monoisotopic (exact) mass is 534 g/mol. The summed E-state index contributed by atoms with van der Waals surface area (Å²) in [7, 11) is 1.64. The lowest BCUT2D eigenvalue weighted by molar-refractivity contribution is -0.00544. The Balaban J connectivity index is 1.41. The van der Waals surface area contributed by atoms with E-state index in [2.05, 4.69) is 44.3 Å². The first kappa shape index (κ1) is 24.7. The molecule has 0 spiro atoms. The van der Waals surface area contributed by atoms with E-state index >= 15 is 0 Å². The molecule has 12 heteroatoms. The molecule has 198 valence electrons. The lowest BCUT2D eigenvalue weighted by atomic mass is 10.0. The summed E-state index contributed by atoms with van der Waals surface area (Å²) in [5.41, 5.74) is 3.54. The highest BCUT2D eigenvalue weighted by atomic mass is 32.1. The molecule has 4 aromatic heterocycles. The number of imidazole rings is 1. The summed E-state index contributed by atoms with van der Waals surface area (Å²) in [6.45, 7) is 6.02. The van der Waals surface area contributed by atoms with E-state index in [1.165, 1.54) is 0 Å². The number of methoxy groups -OCH3 is 1. The van der Waals surface area contributed by atoms with E-state index in [-0.39, 0.29) is 18.2 Å². The third-order valence-electron chi connectivity index (χ3n) is 6.61. The van der Waals surface area contributed by atoms with Crippen molar-refractivity contribution in [2.45, 2.75) is 38.3 Å². The smallest absolute Gasteiger partial charge is 0.180 e. The van der Waals surface area contributed by atoms with Crippen LogP contribution >= 0.6 is 11.3 Å². The lowest BCUT2D eigenvalue weighted by Gasteiger charge is -2.36. The summed E-state index contributed by atoms with van der Waals surface area (Å²) in [6.07, 6.45) is 2.66. The minimum atomic E-state index is -1.000. The topological polar surface area (TPSA) is 133 Å². The largest absolute Gasteiger partial charge is 0.382 e. The number of rotatable bonds is 7. The maximum atomic E-state index is 11.2. The van der Waals surface area contributed by atoms with Gasteiger partial charge in [-0.05, 0) is 43.5 Å². The number of aromatic amines is 1. The van der Waals surface area contributed by atoms with E-state index < -0.39 is 6.23 Å². The molecule has 0 radical (unpaired) electrons. The molecule has 1 saturated heterocycles. The van der Waals surface area contributed by atoms with Crippen LogP contribution < -0.4 is 15.5 Å². The molecule has 0 aliphatic carbocycles. The molecule has 38 heavy (non-hydrogen) atoms. The number of hydrogen-bond donors (Lipinski definition) is 4. The first-order chi connectivity index (χ1) is 18.5. The van der Waals surface area contributed by atoms with Crippen LogP contribution in [0.4, 0.5) is 11.5 Å². The van der Waals surface area contributed by atoms with E-state index in [0.29, 0.717) is 29.5 Å². The van der Waals surface area contributed by atoms with Crippen molar-refractivity contribution in [3.8, 4) is 0 Å². The summed E-state index contributed by atoms with van der Waals surface area (Å²) in [4.78, 5) is 25.1. The number of ether oxygens (including phenoxy) is 2. The molecule has 2 unspecified atom stereocenters. The van der Waals surface area contributed by atoms with Crippen molar-refractivity contribution >= 4 is 45.3 Å². The zero-order valence-corrected chi connectivity index (χ0v) is 22.2. The molecule has 4 atom stereocenters. The maximum Gasteiger partial charge on any atom is 0.180 e. The Kier molecular flexibility index (Phi) is 6.70. The van der Waals surface area contributed by atoms with Gasteiger partial charge in [-0.25, -0.2) is 19.9 Å². The van der Waals surface area contributed by atoms with Crippen LogP contribution in [0.25, 0.3) is 22.4 Å². The third-order valence-corrected chi connectivity index (χ3v) is 7.54. The van der Waals surface area contributed by atoms with Gasteiger partial charge in [0.05, 0.1) is 46.2 Å². The minimum absolute atomic E-state index is 0.127. The van der Waals surface area contributed by atoms with Crippen LogP contribution in [0, 0.1) is 0 Å². The summed E-state index contributed by atoms with van der Waals surface area (Å²) in [6, 6.07) is 7.36. The van der Waals surface area contributed by atoms with Crippen LogP contribution in [0.5, 0.6) is 0 Å². The molecule has 0 saturated carbocycles. The fourth-order valence-electron chi connectivity index (χ4n) is 5.05. The molecular formula is C26H30N8O3S. The zero-order valence-electron chi connectivity index (χ0n) is 21.4. The number of thiophene rings is 1. The van der Waals surface area contributed by atoms with E-state index in [0.717, 1.165) is 40.7 Å². The Labute approximate surface area is 224 Å². The molecule has 1 fully saturated rings. The normalized spacial score (nSPS) is 22.3. The van der Waals surface area contributed by atoms with Crippen LogP contribution in [0.2, 0.25) is 0 Å². The highest BCUT2D eigenvalue weighted by Gasteiger charge is 2.32. The summed E-state index contributed by atoms with van der Waals surface area (Å²) in [5, 5.41) is 20.0. The second-order valence-corrected chi connectivity index (χ2v) is 10.5. The van der Waals surface area contributed by atoms with Gasteiger partial charge in [-0.2, -0.15) is 0 Å². The van der Waals surface area contributed by atoms with E-state index in [1.54, 1.807) is 36.9 Å². The van der Waals surface area contributed by atoms with Gasteiger partial charge in [0.1, 0.15) is 17.7 Å². The number of aromatic nitrogens is 5. The lowest BCUT2D eigenvalue weighted by Crippen LogP contribution is -2.45. The van der Waals surface area contributed by atoms with Crippen LogP contribution in [-0.4, -0.2) is 75.3 Å². The van der Waals surface area contributed by atoms with Crippen molar-refractivity contribution in [1.29, 1.82) is 0 Å². The zero-order chi connectivity index (χ0) is 26.2. The van der Waals surface area contributed by atoms with Gasteiger partial charge in [0.15, 0.2) is 17.7 Å². The first-order valence-corrected chi connectivity index (χ1v) is 13.4. The predicted molar refractivity (Wildman–Crippen MR) is 147 cm³/mol. The number of H-pyrrole nitrogens is 1. The van der Waals surface area contributed by atoms with Gasteiger partial charge < -0.3 is 35.1 Å². The number of aliphatic hydroxyl groups excluding tert-OH is 1. The fourth-order valence-corrected chi connectivity index (χ4v) is 5.93. The molecule has 6 heterocycles. The fraction of sp³-hybridized carbons (Fsp3) is 0.385. The number of morpholine rings is 1. The quantitative estimate of drug-likeness (QED) is 0.280. The second-order valence-electron chi connectivity index (χ2n) is 9.55. The summed E-state index contributed by atoms with van der Waals surface area (Å²) >= 11 is 1.57. The van der Waals surface area contributed by atoms with Gasteiger partial charge in [0, 0.05) is 32.6 Å². The van der Waals surface area contributed by atoms with Crippen molar-refractivity contribution in [2.75, 3.05) is 37.0 Å². The molecule has 11 nitrogen and oxygen atoms in total. The van der Waals surface area contributed by atoms with Gasteiger partial charge in [0.25, 0.3) is 0 Å². The summed E-state index contributed by atoms with van der Waals surface area (Å²) < 4.78 is 11.4. The Morgan fingerprint density at radius 3 is 2.74 bits per heavy atom. The van der Waals surface area contributed by atoms with Crippen molar-refractivity contribution in [2.24, 2.45) is 0 Å². The van der Waals surface area contributed by atoms with Gasteiger partial charge in [0.2, 0.25) is 0 Å². The van der Waals surface area contributed by atoms with Crippen molar-refractivity contribution in [3.63, 3.8) is 0 Å². The molecule has 0 amide bonds. The number of hydrogen-bond acceptors (Lipinski definition) is 11. The average molecular weight is 535 g/mol. The number of fused-ring (bicyclic) bond motifs is 2. The van der Waals surface area contributed by atoms with Gasteiger partial charge in [-0.15, -0.1) is 11.3 Å². The first-order valence-electron chi connectivity index (χ1n) is 12.6. The van der Waals surface area contributed by atoms with Gasteiger partial charge in [-0.3, -0.25) is 0 Å². The van der Waals surface area contributed by atoms with E-state index in [9.17, 15) is 5.11 Å². The highest BCUT2D eigenvalue weighted by Crippen LogP contribution is 2.40. The molecule has 2 aliphatic rings. The molecule has 2 aliphatic heterocycles. The van der Waals surface area contributed by atoms with E-state index in [1.807, 2.05) is 23.6 Å². The second kappa shape index (κ2) is 10.3. The van der Waals surface area contributed by atoms with Crippen molar-refractivity contribution in [3.05, 3.63) is 58.6 Å². The molecule has 6 rings (SSSR count). The van der Waals surface area contributed by atoms with Crippen molar-refractivity contribution < 1.29 is 14.6 Å². The third kappa shape index (κ3) is 4.71. The Morgan fingerprint density at radius 1 is 1.18 bits per heavy atom. The Bertz CT molecular complexity index is 1450. The van der Waals surface area contributed by atoms with Crippen LogP contribution in [0.3, 0.4) is 0 Å².